The molecule has 0 amide bonds. The number of aromatic nitrogens is 2. The van der Waals surface area contributed by atoms with Crippen molar-refractivity contribution >= 4 is 54.2 Å². The van der Waals surface area contributed by atoms with Crippen molar-refractivity contribution in [1.82, 2.24) is 9.97 Å². The Bertz CT molecular complexity index is 1590. The topological polar surface area (TPSA) is 25.8 Å². The van der Waals surface area contributed by atoms with Crippen molar-refractivity contribution in [1.29, 1.82) is 0 Å². The molecule has 178 valence electrons. The molecule has 6 rings (SSSR count). The zero-order valence-corrected chi connectivity index (χ0v) is 23.0. The molecule has 35 heavy (non-hydrogen) atoms. The van der Waals surface area contributed by atoms with E-state index in [1.54, 1.807) is 17.7 Å². The number of hydrogen-bond donors (Lipinski definition) is 0. The quantitative estimate of drug-likeness (QED) is 0.249. The lowest BCUT2D eigenvalue weighted by Gasteiger charge is -2.23. The fourth-order valence-corrected chi connectivity index (χ4v) is 8.33. The Morgan fingerprint density at radius 1 is 0.971 bits per heavy atom. The molecule has 5 aromatic rings. The molecular weight excluding hydrogens is 464 g/mol. The van der Waals surface area contributed by atoms with E-state index in [9.17, 15) is 0 Å². The van der Waals surface area contributed by atoms with Gasteiger partial charge in [-0.05, 0) is 63.8 Å². The summed E-state index contributed by atoms with van der Waals surface area (Å²) in [6, 6.07) is 18.1. The lowest BCUT2D eigenvalue weighted by atomic mass is 9.82. The van der Waals surface area contributed by atoms with Crippen molar-refractivity contribution in [2.45, 2.75) is 69.4 Å². The molecule has 0 fully saturated rings. The largest absolute Gasteiger partial charge is 0.236 e. The zero-order valence-electron chi connectivity index (χ0n) is 21.3. The fraction of sp³-hybridized carbons (Fsp3) is 0.355. The average Bonchev–Trinajstić information content (AvgIpc) is 3.34. The van der Waals surface area contributed by atoms with Crippen molar-refractivity contribution < 1.29 is 0 Å². The van der Waals surface area contributed by atoms with Gasteiger partial charge >= 0.3 is 0 Å². The Morgan fingerprint density at radius 3 is 2.54 bits per heavy atom. The summed E-state index contributed by atoms with van der Waals surface area (Å²) < 4.78 is 1.32. The van der Waals surface area contributed by atoms with Gasteiger partial charge in [-0.2, -0.15) is 0 Å². The van der Waals surface area contributed by atoms with E-state index < -0.39 is 0 Å². The lowest BCUT2D eigenvalue weighted by Crippen LogP contribution is -2.12. The number of fused-ring (bicyclic) bond motifs is 6. The molecule has 2 atom stereocenters. The molecule has 1 aliphatic rings. The van der Waals surface area contributed by atoms with E-state index in [4.69, 9.17) is 9.97 Å². The van der Waals surface area contributed by atoms with Gasteiger partial charge in [-0.3, -0.25) is 0 Å². The summed E-state index contributed by atoms with van der Waals surface area (Å²) in [6.07, 6.45) is 2.98. The van der Waals surface area contributed by atoms with Crippen LogP contribution in [-0.2, 0) is 5.41 Å². The van der Waals surface area contributed by atoms with E-state index in [1.165, 1.54) is 54.3 Å². The van der Waals surface area contributed by atoms with E-state index >= 15 is 0 Å². The maximum atomic E-state index is 4.93. The van der Waals surface area contributed by atoms with Crippen LogP contribution < -0.4 is 0 Å². The molecule has 0 N–H and O–H groups in total. The molecule has 0 saturated heterocycles. The maximum Gasteiger partial charge on any atom is 0.128 e. The van der Waals surface area contributed by atoms with Crippen molar-refractivity contribution in [3.63, 3.8) is 0 Å². The minimum Gasteiger partial charge on any atom is -0.236 e. The van der Waals surface area contributed by atoms with Crippen LogP contribution in [0.4, 0.5) is 0 Å². The predicted octanol–water partition coefficient (Wildman–Crippen LogP) is 9.59. The van der Waals surface area contributed by atoms with Gasteiger partial charge in [0.05, 0.1) is 5.69 Å². The lowest BCUT2D eigenvalue weighted by molar-refractivity contribution is 0.499. The Balaban J connectivity index is 1.65. The average molecular weight is 497 g/mol. The van der Waals surface area contributed by atoms with Gasteiger partial charge in [-0.15, -0.1) is 23.1 Å². The first kappa shape index (κ1) is 23.0. The Hall–Kier alpha value is -2.43. The van der Waals surface area contributed by atoms with Crippen LogP contribution in [0.5, 0.6) is 0 Å². The number of rotatable bonds is 3. The normalized spacial score (nSPS) is 18.3. The molecular formula is C31H32N2S2. The molecule has 1 aliphatic heterocycles. The summed E-state index contributed by atoms with van der Waals surface area (Å²) in [7, 11) is 0. The van der Waals surface area contributed by atoms with Crippen LogP contribution in [0.15, 0.2) is 59.8 Å². The van der Waals surface area contributed by atoms with Crippen LogP contribution in [0.1, 0.15) is 65.0 Å². The second kappa shape index (κ2) is 8.31. The number of thioether (sulfide) groups is 1. The highest BCUT2D eigenvalue weighted by atomic mass is 32.2. The number of thiophene rings is 1. The van der Waals surface area contributed by atoms with Crippen LogP contribution >= 0.6 is 23.1 Å². The van der Waals surface area contributed by atoms with Crippen molar-refractivity contribution in [3.8, 4) is 11.3 Å². The predicted molar refractivity (Wildman–Crippen MR) is 154 cm³/mol. The summed E-state index contributed by atoms with van der Waals surface area (Å²) in [5.41, 5.74) is 5.17. The summed E-state index contributed by atoms with van der Waals surface area (Å²) in [6.45, 7) is 14.0. The van der Waals surface area contributed by atoms with Gasteiger partial charge in [0, 0.05) is 31.2 Å². The van der Waals surface area contributed by atoms with Crippen molar-refractivity contribution in [2.75, 3.05) is 0 Å². The van der Waals surface area contributed by atoms with Gasteiger partial charge in [0.15, 0.2) is 0 Å². The Morgan fingerprint density at radius 2 is 1.77 bits per heavy atom. The standard InChI is InChI=1S/C31H32N2S2/c1-17(2)13-23-18(3)34-29-22(23)11-12-25-26(29)27-28(32-16-33-30(27)35-25)20-14-19-9-7-8-10-21(19)24(15-20)31(4,5)6/h7-12,14-18,23H,13H2,1-6H3. The zero-order chi connectivity index (χ0) is 24.5. The second-order valence-corrected chi connectivity index (χ2v) is 13.8. The monoisotopic (exact) mass is 496 g/mol. The second-order valence-electron chi connectivity index (χ2n) is 11.4. The summed E-state index contributed by atoms with van der Waals surface area (Å²) >= 11 is 3.86. The van der Waals surface area contributed by atoms with Gasteiger partial charge in [0.2, 0.25) is 0 Å². The molecule has 0 aliphatic carbocycles. The molecule has 0 bridgehead atoms. The summed E-state index contributed by atoms with van der Waals surface area (Å²) in [4.78, 5) is 12.2. The third-order valence-corrected chi connectivity index (χ3v) is 9.80. The first-order chi connectivity index (χ1) is 16.7. The molecule has 4 heteroatoms. The third-order valence-electron chi connectivity index (χ3n) is 7.36. The van der Waals surface area contributed by atoms with Gasteiger partial charge in [0.1, 0.15) is 11.2 Å². The van der Waals surface area contributed by atoms with Gasteiger partial charge in [-0.1, -0.05) is 71.9 Å². The van der Waals surface area contributed by atoms with Crippen LogP contribution in [-0.4, -0.2) is 15.2 Å². The minimum absolute atomic E-state index is 0.0368. The SMILES string of the molecule is CC(C)CC1c2ccc3sc4ncnc(-c5cc(C(C)(C)C)c6ccccc6c5)c4c3c2SC1C. The summed E-state index contributed by atoms with van der Waals surface area (Å²) in [5.74, 6) is 1.30. The maximum absolute atomic E-state index is 4.93. The smallest absolute Gasteiger partial charge is 0.128 e. The van der Waals surface area contributed by atoms with E-state index in [2.05, 4.69) is 102 Å². The Kier molecular flexibility index (Phi) is 5.46. The van der Waals surface area contributed by atoms with Crippen LogP contribution in [0.3, 0.4) is 0 Å². The Labute approximate surface area is 216 Å². The van der Waals surface area contributed by atoms with Crippen molar-refractivity contribution in [3.05, 3.63) is 66.0 Å². The van der Waals surface area contributed by atoms with Gasteiger partial charge in [0.25, 0.3) is 0 Å². The van der Waals surface area contributed by atoms with Crippen LogP contribution in [0.25, 0.3) is 42.3 Å². The van der Waals surface area contributed by atoms with Crippen molar-refractivity contribution in [2.24, 2.45) is 5.92 Å². The molecule has 0 radical (unpaired) electrons. The molecule has 2 aromatic heterocycles. The number of benzene rings is 3. The fourth-order valence-electron chi connectivity index (χ4n) is 5.73. The van der Waals surface area contributed by atoms with E-state index in [0.717, 1.165) is 10.5 Å². The summed E-state index contributed by atoms with van der Waals surface area (Å²) in [5, 5.41) is 5.78. The minimum atomic E-state index is 0.0368. The first-order valence-corrected chi connectivity index (χ1v) is 14.3. The van der Waals surface area contributed by atoms with Crippen LogP contribution in [0.2, 0.25) is 0 Å². The molecule has 3 aromatic carbocycles. The number of hydrogen-bond acceptors (Lipinski definition) is 4. The molecule has 2 unspecified atom stereocenters. The van der Waals surface area contributed by atoms with E-state index in [-0.39, 0.29) is 5.41 Å². The highest BCUT2D eigenvalue weighted by Gasteiger charge is 2.33. The van der Waals surface area contributed by atoms with E-state index in [0.29, 0.717) is 17.1 Å². The third kappa shape index (κ3) is 3.77. The van der Waals surface area contributed by atoms with Crippen LogP contribution in [0, 0.1) is 5.92 Å². The molecule has 0 saturated carbocycles. The van der Waals surface area contributed by atoms with Gasteiger partial charge in [-0.25, -0.2) is 9.97 Å². The first-order valence-electron chi connectivity index (χ1n) is 12.6. The van der Waals surface area contributed by atoms with E-state index in [1.807, 2.05) is 0 Å². The molecule has 2 nitrogen and oxygen atoms in total. The molecule has 3 heterocycles. The van der Waals surface area contributed by atoms with Gasteiger partial charge < -0.3 is 0 Å². The number of nitrogens with zero attached hydrogens (tertiary/aromatic N) is 2. The highest BCUT2D eigenvalue weighted by molar-refractivity contribution is 8.00. The molecule has 0 spiro atoms. The highest BCUT2D eigenvalue weighted by Crippen LogP contribution is 2.54.